The van der Waals surface area contributed by atoms with Crippen molar-refractivity contribution in [3.05, 3.63) is 68.5 Å². The number of ketones is 1. The van der Waals surface area contributed by atoms with E-state index in [2.05, 4.69) is 4.98 Å². The predicted octanol–water partition coefficient (Wildman–Crippen LogP) is 3.80. The Labute approximate surface area is 177 Å². The van der Waals surface area contributed by atoms with Crippen molar-refractivity contribution >= 4 is 17.4 Å². The van der Waals surface area contributed by atoms with Crippen LogP contribution in [0.25, 0.3) is 0 Å². The Morgan fingerprint density at radius 2 is 2.03 bits per heavy atom. The van der Waals surface area contributed by atoms with Gasteiger partial charge in [-0.15, -0.1) is 0 Å². The number of nitrogens with zero attached hydrogens (tertiary/aromatic N) is 3. The molecule has 0 fully saturated rings. The summed E-state index contributed by atoms with van der Waals surface area (Å²) in [6.45, 7) is 4.84. The summed E-state index contributed by atoms with van der Waals surface area (Å²) in [6.07, 6.45) is 3.18. The summed E-state index contributed by atoms with van der Waals surface area (Å²) in [4.78, 5) is 30.5. The highest BCUT2D eigenvalue weighted by Gasteiger charge is 2.31. The quantitative estimate of drug-likeness (QED) is 0.712. The molecule has 0 amide bonds. The highest BCUT2D eigenvalue weighted by molar-refractivity contribution is 6.31. The number of allylic oxidation sites excluding steroid dienone is 1. The van der Waals surface area contributed by atoms with E-state index in [-0.39, 0.29) is 40.9 Å². The molecule has 0 N–H and O–H groups in total. The Bertz CT molecular complexity index is 1080. The molecule has 0 saturated heterocycles. The number of pyridine rings is 2. The lowest BCUT2D eigenvalue weighted by molar-refractivity contribution is -0.121. The lowest BCUT2D eigenvalue weighted by Gasteiger charge is -2.36. The zero-order valence-corrected chi connectivity index (χ0v) is 17.8. The van der Waals surface area contributed by atoms with Gasteiger partial charge in [-0.05, 0) is 32.8 Å². The molecular formula is C21H22ClF2N3O3. The van der Waals surface area contributed by atoms with Crippen molar-refractivity contribution < 1.29 is 18.3 Å². The molecule has 2 aromatic heterocycles. The van der Waals surface area contributed by atoms with Gasteiger partial charge in [-0.2, -0.15) is 0 Å². The molecular weight excluding hydrogens is 416 g/mol. The Morgan fingerprint density at radius 1 is 1.33 bits per heavy atom. The number of rotatable bonds is 5. The molecule has 9 heteroatoms. The van der Waals surface area contributed by atoms with E-state index < -0.39 is 17.2 Å². The number of aromatic nitrogens is 2. The number of hydrogen-bond donors (Lipinski definition) is 0. The maximum atomic E-state index is 13.8. The fourth-order valence-electron chi connectivity index (χ4n) is 3.70. The maximum absolute atomic E-state index is 13.8. The van der Waals surface area contributed by atoms with Crippen LogP contribution in [0, 0.1) is 18.6 Å². The molecule has 0 saturated carbocycles. The Kier molecular flexibility index (Phi) is 6.26. The number of Topliss-reactive ketones (excluding diaryl/α,β-unsaturated/α-hetero) is 1. The van der Waals surface area contributed by atoms with Crippen LogP contribution in [0.4, 0.5) is 8.78 Å². The van der Waals surface area contributed by atoms with Gasteiger partial charge in [-0.25, -0.2) is 8.78 Å². The van der Waals surface area contributed by atoms with Crippen LogP contribution >= 0.6 is 11.6 Å². The average molecular weight is 438 g/mol. The smallest absolute Gasteiger partial charge is 0.273 e. The van der Waals surface area contributed by atoms with Crippen LogP contribution in [-0.2, 0) is 11.4 Å². The van der Waals surface area contributed by atoms with Crippen LogP contribution < -0.4 is 10.3 Å². The van der Waals surface area contributed by atoms with E-state index in [0.717, 1.165) is 11.8 Å². The predicted molar refractivity (Wildman–Crippen MR) is 109 cm³/mol. The van der Waals surface area contributed by atoms with Crippen molar-refractivity contribution in [1.29, 1.82) is 0 Å². The third-order valence-corrected chi connectivity index (χ3v) is 5.59. The van der Waals surface area contributed by atoms with Crippen LogP contribution in [-0.4, -0.2) is 33.3 Å². The van der Waals surface area contributed by atoms with Gasteiger partial charge in [-0.1, -0.05) is 11.6 Å². The number of ether oxygens (including phenoxy) is 1. The van der Waals surface area contributed by atoms with E-state index >= 15 is 0 Å². The fourth-order valence-corrected chi connectivity index (χ4v) is 3.90. The third-order valence-electron chi connectivity index (χ3n) is 5.24. The molecule has 1 aliphatic heterocycles. The van der Waals surface area contributed by atoms with Crippen molar-refractivity contribution in [2.75, 3.05) is 7.05 Å². The Morgan fingerprint density at radius 3 is 2.67 bits per heavy atom. The van der Waals surface area contributed by atoms with Gasteiger partial charge in [0.05, 0.1) is 18.3 Å². The van der Waals surface area contributed by atoms with E-state index in [1.54, 1.807) is 17.6 Å². The summed E-state index contributed by atoms with van der Waals surface area (Å²) >= 11 is 6.27. The van der Waals surface area contributed by atoms with Crippen molar-refractivity contribution in [3.8, 4) is 5.75 Å². The van der Waals surface area contributed by atoms with Gasteiger partial charge in [0, 0.05) is 31.1 Å². The summed E-state index contributed by atoms with van der Waals surface area (Å²) in [5, 5.41) is -0.158. The molecule has 0 spiro atoms. The van der Waals surface area contributed by atoms with Crippen LogP contribution in [0.15, 0.2) is 34.9 Å². The minimum Gasteiger partial charge on any atom is -0.485 e. The highest BCUT2D eigenvalue weighted by atomic mass is 35.5. The summed E-state index contributed by atoms with van der Waals surface area (Å²) in [5.41, 5.74) is 0.926. The van der Waals surface area contributed by atoms with Gasteiger partial charge in [0.15, 0.2) is 11.6 Å². The molecule has 3 rings (SSSR count). The monoisotopic (exact) mass is 437 g/mol. The maximum Gasteiger partial charge on any atom is 0.273 e. The van der Waals surface area contributed by atoms with Crippen LogP contribution in [0.2, 0.25) is 5.02 Å². The Hall–Kier alpha value is -2.74. The molecule has 30 heavy (non-hydrogen) atoms. The van der Waals surface area contributed by atoms with Crippen molar-refractivity contribution in [2.24, 2.45) is 0 Å². The zero-order valence-electron chi connectivity index (χ0n) is 17.1. The number of carbonyl (C=O) groups excluding carboxylic acids is 1. The molecule has 0 aliphatic carbocycles. The first kappa shape index (κ1) is 22.0. The molecule has 1 aliphatic rings. The van der Waals surface area contributed by atoms with E-state index in [9.17, 15) is 18.4 Å². The normalized spacial score (nSPS) is 18.9. The van der Waals surface area contributed by atoms with Crippen LogP contribution in [0.3, 0.4) is 0 Å². The van der Waals surface area contributed by atoms with E-state index in [4.69, 9.17) is 16.3 Å². The largest absolute Gasteiger partial charge is 0.485 e. The summed E-state index contributed by atoms with van der Waals surface area (Å²) < 4.78 is 33.8. The minimum absolute atomic E-state index is 0.0110. The molecule has 6 nitrogen and oxygen atoms in total. The molecule has 3 heterocycles. The van der Waals surface area contributed by atoms with Crippen LogP contribution in [0.5, 0.6) is 5.75 Å². The SMILES string of the molecule is CC(=O)C1CC(n2c(C)cc(OCc3ncc(F)cc3F)c(Cl)c2=O)C(C)=CN1C. The van der Waals surface area contributed by atoms with E-state index in [1.807, 2.05) is 25.1 Å². The number of halogens is 3. The van der Waals surface area contributed by atoms with Gasteiger partial charge in [0.1, 0.15) is 28.9 Å². The summed E-state index contributed by atoms with van der Waals surface area (Å²) in [5.74, 6) is -1.55. The van der Waals surface area contributed by atoms with Gasteiger partial charge in [0.2, 0.25) is 0 Å². The molecule has 2 atom stereocenters. The van der Waals surface area contributed by atoms with Crippen molar-refractivity contribution in [1.82, 2.24) is 14.5 Å². The average Bonchev–Trinajstić information content (AvgIpc) is 2.66. The first-order valence-electron chi connectivity index (χ1n) is 9.35. The second-order valence-corrected chi connectivity index (χ2v) is 7.80. The lowest BCUT2D eigenvalue weighted by Crippen LogP contribution is -2.42. The van der Waals surface area contributed by atoms with Gasteiger partial charge in [-0.3, -0.25) is 14.6 Å². The topological polar surface area (TPSA) is 64.4 Å². The number of carbonyl (C=O) groups is 1. The summed E-state index contributed by atoms with van der Waals surface area (Å²) in [6, 6.07) is 1.62. The van der Waals surface area contributed by atoms with E-state index in [1.165, 1.54) is 6.92 Å². The fraction of sp³-hybridized carbons (Fsp3) is 0.381. The minimum atomic E-state index is -0.849. The number of aryl methyl sites for hydroxylation is 1. The molecule has 0 aromatic carbocycles. The first-order valence-corrected chi connectivity index (χ1v) is 9.73. The van der Waals surface area contributed by atoms with E-state index in [0.29, 0.717) is 18.2 Å². The standard InChI is InChI=1S/C21H22ClF2N3O3/c1-11-9-26(4)18(13(3)28)7-17(11)27-12(2)5-19(20(22)21(27)29)30-10-16-15(24)6-14(23)8-25-16/h5-6,8-9,17-18H,7,10H2,1-4H3. The second-order valence-electron chi connectivity index (χ2n) is 7.43. The molecule has 2 aromatic rings. The van der Waals surface area contributed by atoms with Crippen LogP contribution in [0.1, 0.15) is 37.7 Å². The molecule has 0 radical (unpaired) electrons. The molecule has 160 valence electrons. The first-order chi connectivity index (χ1) is 14.1. The van der Waals surface area contributed by atoms with Crippen molar-refractivity contribution in [2.45, 2.75) is 45.9 Å². The van der Waals surface area contributed by atoms with Gasteiger partial charge >= 0.3 is 0 Å². The lowest BCUT2D eigenvalue weighted by atomic mass is 9.93. The Balaban J connectivity index is 1.92. The third kappa shape index (κ3) is 4.23. The zero-order chi connectivity index (χ0) is 22.2. The highest BCUT2D eigenvalue weighted by Crippen LogP contribution is 2.32. The molecule has 0 bridgehead atoms. The number of likely N-dealkylation sites (N-methyl/N-ethyl adjacent to an activating group) is 1. The number of hydrogen-bond acceptors (Lipinski definition) is 5. The van der Waals surface area contributed by atoms with Crippen molar-refractivity contribution in [3.63, 3.8) is 0 Å². The second kappa shape index (κ2) is 8.55. The molecule has 2 unspecified atom stereocenters. The van der Waals surface area contributed by atoms with Gasteiger partial charge < -0.3 is 14.2 Å². The summed E-state index contributed by atoms with van der Waals surface area (Å²) in [7, 11) is 1.83. The van der Waals surface area contributed by atoms with Gasteiger partial charge in [0.25, 0.3) is 5.56 Å².